The second-order valence-electron chi connectivity index (χ2n) is 9.24. The molecule has 1 aromatic heterocycles. The Balaban J connectivity index is 1.61. The van der Waals surface area contributed by atoms with Gasteiger partial charge in [0, 0.05) is 17.8 Å². The van der Waals surface area contributed by atoms with Crippen LogP contribution in [0.1, 0.15) is 31.5 Å². The molecular formula is C31H35N5O3. The number of hydrogen-bond acceptors (Lipinski definition) is 4. The Kier molecular flexibility index (Phi) is 8.99. The van der Waals surface area contributed by atoms with E-state index in [9.17, 15) is 9.59 Å². The summed E-state index contributed by atoms with van der Waals surface area (Å²) >= 11 is 0. The van der Waals surface area contributed by atoms with Gasteiger partial charge in [-0.3, -0.25) is 4.79 Å². The molecule has 0 aliphatic carbocycles. The molecular weight excluding hydrogens is 490 g/mol. The quantitative estimate of drug-likeness (QED) is 0.254. The van der Waals surface area contributed by atoms with Crippen molar-refractivity contribution in [2.75, 3.05) is 30.8 Å². The highest BCUT2D eigenvalue weighted by atomic mass is 16.5. The number of carbonyl (C=O) groups excluding carboxylic acids is 2. The van der Waals surface area contributed by atoms with Crippen LogP contribution in [-0.4, -0.2) is 46.8 Å². The Morgan fingerprint density at radius 3 is 2.36 bits per heavy atom. The van der Waals surface area contributed by atoms with Crippen LogP contribution in [0.25, 0.3) is 16.8 Å². The van der Waals surface area contributed by atoms with E-state index in [2.05, 4.69) is 17.6 Å². The summed E-state index contributed by atoms with van der Waals surface area (Å²) in [6, 6.07) is 24.7. The second-order valence-corrected chi connectivity index (χ2v) is 9.24. The number of aromatic nitrogens is 2. The van der Waals surface area contributed by atoms with Crippen molar-refractivity contribution in [3.05, 3.63) is 90.1 Å². The number of benzene rings is 3. The Morgan fingerprint density at radius 2 is 1.69 bits per heavy atom. The minimum atomic E-state index is -0.316. The van der Waals surface area contributed by atoms with E-state index in [1.54, 1.807) is 11.8 Å². The molecule has 3 amide bonds. The largest absolute Gasteiger partial charge is 0.497 e. The molecule has 8 nitrogen and oxygen atoms in total. The van der Waals surface area contributed by atoms with Crippen molar-refractivity contribution >= 4 is 23.4 Å². The Morgan fingerprint density at radius 1 is 0.949 bits per heavy atom. The lowest BCUT2D eigenvalue weighted by molar-refractivity contribution is -0.116. The number of aryl methyl sites for hydroxylation is 2. The van der Waals surface area contributed by atoms with E-state index in [0.29, 0.717) is 24.5 Å². The summed E-state index contributed by atoms with van der Waals surface area (Å²) in [6.45, 7) is 6.30. The fraction of sp³-hybridized carbons (Fsp3) is 0.258. The molecule has 2 N–H and O–H groups in total. The minimum Gasteiger partial charge on any atom is -0.497 e. The number of ether oxygens (including phenoxy) is 1. The van der Waals surface area contributed by atoms with Crippen molar-refractivity contribution in [2.24, 2.45) is 0 Å². The van der Waals surface area contributed by atoms with Gasteiger partial charge in [-0.25, -0.2) is 9.48 Å². The highest BCUT2D eigenvalue weighted by Crippen LogP contribution is 2.33. The van der Waals surface area contributed by atoms with Crippen molar-refractivity contribution < 1.29 is 14.3 Å². The molecule has 8 heteroatoms. The van der Waals surface area contributed by atoms with Gasteiger partial charge in [0.05, 0.1) is 18.5 Å². The third kappa shape index (κ3) is 6.65. The predicted octanol–water partition coefficient (Wildman–Crippen LogP) is 6.30. The summed E-state index contributed by atoms with van der Waals surface area (Å²) in [5.74, 6) is 0.955. The van der Waals surface area contributed by atoms with E-state index < -0.39 is 0 Å². The van der Waals surface area contributed by atoms with Gasteiger partial charge in [-0.05, 0) is 67.3 Å². The van der Waals surface area contributed by atoms with Crippen molar-refractivity contribution in [1.29, 1.82) is 0 Å². The number of hydrogen-bond donors (Lipinski definition) is 2. The van der Waals surface area contributed by atoms with Gasteiger partial charge in [-0.15, -0.1) is 0 Å². The predicted molar refractivity (Wildman–Crippen MR) is 156 cm³/mol. The van der Waals surface area contributed by atoms with Gasteiger partial charge < -0.3 is 20.3 Å². The highest BCUT2D eigenvalue weighted by molar-refractivity contribution is 5.99. The number of nitrogens with zero attached hydrogens (tertiary/aromatic N) is 3. The summed E-state index contributed by atoms with van der Waals surface area (Å²) in [4.78, 5) is 28.1. The molecule has 1 heterocycles. The fourth-order valence-corrected chi connectivity index (χ4v) is 4.44. The molecule has 202 valence electrons. The first-order chi connectivity index (χ1) is 18.9. The SMILES string of the molecule is CCCN(CC(=O)Nc1c(-c2ccccc2)c(C)nn1-c1ccc(OC)cc1)C(=O)Nc1cccc(CC)c1. The first-order valence-electron chi connectivity index (χ1n) is 13.2. The zero-order valence-electron chi connectivity index (χ0n) is 22.9. The van der Waals surface area contributed by atoms with Crippen LogP contribution in [-0.2, 0) is 11.2 Å². The summed E-state index contributed by atoms with van der Waals surface area (Å²) in [6.07, 6.45) is 1.59. The van der Waals surface area contributed by atoms with Gasteiger partial charge in [0.25, 0.3) is 0 Å². The number of nitrogens with one attached hydrogen (secondary N) is 2. The molecule has 4 aromatic rings. The first kappa shape index (κ1) is 27.4. The van der Waals surface area contributed by atoms with Crippen LogP contribution in [0.2, 0.25) is 0 Å². The van der Waals surface area contributed by atoms with E-state index in [-0.39, 0.29) is 18.5 Å². The second kappa shape index (κ2) is 12.8. The lowest BCUT2D eigenvalue weighted by atomic mass is 10.1. The fourth-order valence-electron chi connectivity index (χ4n) is 4.44. The zero-order chi connectivity index (χ0) is 27.8. The minimum absolute atomic E-state index is 0.103. The maximum atomic E-state index is 13.4. The van der Waals surface area contributed by atoms with Crippen LogP contribution in [0.15, 0.2) is 78.9 Å². The van der Waals surface area contributed by atoms with Crippen LogP contribution >= 0.6 is 0 Å². The van der Waals surface area contributed by atoms with Gasteiger partial charge in [-0.2, -0.15) is 5.10 Å². The average Bonchev–Trinajstić information content (AvgIpc) is 3.28. The van der Waals surface area contributed by atoms with Gasteiger partial charge in [0.15, 0.2) is 0 Å². The average molecular weight is 526 g/mol. The number of rotatable bonds is 10. The van der Waals surface area contributed by atoms with Crippen molar-refractivity contribution in [2.45, 2.75) is 33.6 Å². The molecule has 0 aliphatic rings. The molecule has 39 heavy (non-hydrogen) atoms. The van der Waals surface area contributed by atoms with Crippen LogP contribution in [0.3, 0.4) is 0 Å². The number of carbonyl (C=O) groups is 2. The summed E-state index contributed by atoms with van der Waals surface area (Å²) in [5, 5.41) is 10.8. The Bertz CT molecular complexity index is 1410. The molecule has 0 unspecified atom stereocenters. The van der Waals surface area contributed by atoms with Crippen molar-refractivity contribution in [1.82, 2.24) is 14.7 Å². The van der Waals surface area contributed by atoms with Crippen LogP contribution in [0.5, 0.6) is 5.75 Å². The number of urea groups is 1. The third-order valence-electron chi connectivity index (χ3n) is 6.40. The van der Waals surface area contributed by atoms with E-state index in [1.807, 2.05) is 92.7 Å². The van der Waals surface area contributed by atoms with Crippen LogP contribution in [0.4, 0.5) is 16.3 Å². The maximum absolute atomic E-state index is 13.4. The monoisotopic (exact) mass is 525 g/mol. The summed E-state index contributed by atoms with van der Waals surface area (Å²) in [5.41, 5.74) is 5.14. The molecule has 0 atom stereocenters. The van der Waals surface area contributed by atoms with Gasteiger partial charge >= 0.3 is 6.03 Å². The van der Waals surface area contributed by atoms with Gasteiger partial charge in [0.1, 0.15) is 18.1 Å². The molecule has 0 saturated carbocycles. The molecule has 0 spiro atoms. The lowest BCUT2D eigenvalue weighted by Gasteiger charge is -2.22. The van der Waals surface area contributed by atoms with Gasteiger partial charge in [-0.1, -0.05) is 56.3 Å². The maximum Gasteiger partial charge on any atom is 0.322 e. The molecule has 3 aromatic carbocycles. The van der Waals surface area contributed by atoms with Gasteiger partial charge in [0.2, 0.25) is 5.91 Å². The smallest absolute Gasteiger partial charge is 0.322 e. The van der Waals surface area contributed by atoms with Crippen molar-refractivity contribution in [3.8, 4) is 22.6 Å². The van der Waals surface area contributed by atoms with Crippen LogP contribution < -0.4 is 15.4 Å². The summed E-state index contributed by atoms with van der Waals surface area (Å²) < 4.78 is 7.02. The van der Waals surface area contributed by atoms with Crippen molar-refractivity contribution in [3.63, 3.8) is 0 Å². The topological polar surface area (TPSA) is 88.5 Å². The van der Waals surface area contributed by atoms with Crippen LogP contribution in [0, 0.1) is 6.92 Å². The number of methoxy groups -OCH3 is 1. The number of amides is 3. The van der Waals surface area contributed by atoms with E-state index in [1.165, 1.54) is 4.90 Å². The van der Waals surface area contributed by atoms with E-state index in [0.717, 1.165) is 40.2 Å². The summed E-state index contributed by atoms with van der Waals surface area (Å²) in [7, 11) is 1.62. The normalized spacial score (nSPS) is 10.7. The first-order valence-corrected chi connectivity index (χ1v) is 13.2. The molecule has 0 aliphatic heterocycles. The highest BCUT2D eigenvalue weighted by Gasteiger charge is 2.23. The molecule has 0 fully saturated rings. The molecule has 0 bridgehead atoms. The van der Waals surface area contributed by atoms with E-state index >= 15 is 0 Å². The molecule has 0 radical (unpaired) electrons. The Labute approximate surface area is 229 Å². The third-order valence-corrected chi connectivity index (χ3v) is 6.40. The molecule has 4 rings (SSSR count). The lowest BCUT2D eigenvalue weighted by Crippen LogP contribution is -2.41. The Hall–Kier alpha value is -4.59. The number of anilines is 2. The zero-order valence-corrected chi connectivity index (χ0v) is 22.9. The standard InChI is InChI=1S/C31H35N5O3/c1-5-19-35(31(38)32-25-14-10-11-23(6-2)20-25)21-28(37)33-30-29(24-12-8-7-9-13-24)22(3)34-36(30)26-15-17-27(39-4)18-16-26/h7-18,20H,5-6,19,21H2,1-4H3,(H,32,38)(H,33,37). The molecule has 0 saturated heterocycles. The van der Waals surface area contributed by atoms with E-state index in [4.69, 9.17) is 9.84 Å².